The highest BCUT2D eigenvalue weighted by Gasteiger charge is 2.24. The molecule has 0 aromatic heterocycles. The monoisotopic (exact) mass is 337 g/mol. The summed E-state index contributed by atoms with van der Waals surface area (Å²) in [6.45, 7) is 8.19. The maximum atomic E-state index is 13.0. The zero-order chi connectivity index (χ0) is 18.0. The molecule has 0 atom stereocenters. The fourth-order valence-corrected chi connectivity index (χ4v) is 3.66. The van der Waals surface area contributed by atoms with E-state index in [9.17, 15) is 4.79 Å². The second-order valence-electron chi connectivity index (χ2n) is 6.83. The molecule has 2 N–H and O–H groups in total. The van der Waals surface area contributed by atoms with Crippen molar-refractivity contribution in [3.05, 3.63) is 53.6 Å². The summed E-state index contributed by atoms with van der Waals surface area (Å²) in [7, 11) is 0. The Morgan fingerprint density at radius 1 is 1.20 bits per heavy atom. The van der Waals surface area contributed by atoms with E-state index >= 15 is 0 Å². The molecule has 1 aliphatic heterocycles. The molecule has 0 saturated carbocycles. The van der Waals surface area contributed by atoms with E-state index in [0.29, 0.717) is 6.04 Å². The fraction of sp³-hybridized carbons (Fsp3) is 0.381. The molecule has 0 aliphatic carbocycles. The third kappa shape index (κ3) is 3.34. The number of nitrogens with zero attached hydrogens (tertiary/aromatic N) is 2. The minimum absolute atomic E-state index is 0.0469. The van der Waals surface area contributed by atoms with Gasteiger partial charge < -0.3 is 15.5 Å². The number of hydrogen-bond donors (Lipinski definition) is 1. The minimum Gasteiger partial charge on any atom is -0.398 e. The van der Waals surface area contributed by atoms with Crippen LogP contribution in [-0.2, 0) is 6.42 Å². The number of carbonyl (C=O) groups is 1. The third-order valence-electron chi connectivity index (χ3n) is 4.94. The molecule has 0 unspecified atom stereocenters. The Kier molecular flexibility index (Phi) is 4.98. The Bertz CT molecular complexity index is 752. The Hall–Kier alpha value is -2.49. The quantitative estimate of drug-likeness (QED) is 0.855. The molecule has 1 amide bonds. The van der Waals surface area contributed by atoms with Crippen molar-refractivity contribution >= 4 is 23.0 Å². The van der Waals surface area contributed by atoms with Gasteiger partial charge in [-0.3, -0.25) is 4.79 Å². The number of carbonyl (C=O) groups excluding carboxylic acids is 1. The molecule has 2 aromatic rings. The van der Waals surface area contributed by atoms with Crippen molar-refractivity contribution in [3.63, 3.8) is 0 Å². The normalized spacial score (nSPS) is 13.7. The van der Waals surface area contributed by atoms with Gasteiger partial charge in [-0.15, -0.1) is 0 Å². The molecule has 0 radical (unpaired) electrons. The number of nitrogen functional groups attached to an aromatic ring is 1. The largest absolute Gasteiger partial charge is 0.398 e. The van der Waals surface area contributed by atoms with Gasteiger partial charge in [-0.25, -0.2) is 0 Å². The fourth-order valence-electron chi connectivity index (χ4n) is 3.66. The average molecular weight is 337 g/mol. The van der Waals surface area contributed by atoms with Gasteiger partial charge in [0.1, 0.15) is 0 Å². The van der Waals surface area contributed by atoms with Crippen LogP contribution >= 0.6 is 0 Å². The van der Waals surface area contributed by atoms with Crippen molar-refractivity contribution in [1.82, 2.24) is 0 Å². The molecular weight excluding hydrogens is 310 g/mol. The van der Waals surface area contributed by atoms with Crippen molar-refractivity contribution in [3.8, 4) is 0 Å². The molecule has 4 nitrogen and oxygen atoms in total. The standard InChI is InChI=1S/C21H27N3O/c1-4-23(15(2)3)17-12-10-16(11-13-17)21(25)24-14-6-7-18-19(22)8-5-9-20(18)24/h5,8-13,15H,4,6-7,14,22H2,1-3H3. The molecule has 0 bridgehead atoms. The first-order chi connectivity index (χ1) is 12.0. The summed E-state index contributed by atoms with van der Waals surface area (Å²) in [4.78, 5) is 17.2. The van der Waals surface area contributed by atoms with Crippen molar-refractivity contribution < 1.29 is 4.79 Å². The van der Waals surface area contributed by atoms with Crippen molar-refractivity contribution in [2.45, 2.75) is 39.7 Å². The molecule has 0 spiro atoms. The van der Waals surface area contributed by atoms with Crippen molar-refractivity contribution in [2.75, 3.05) is 28.6 Å². The first kappa shape index (κ1) is 17.3. The van der Waals surface area contributed by atoms with Crippen LogP contribution in [0.3, 0.4) is 0 Å². The van der Waals surface area contributed by atoms with Crippen LogP contribution in [0.15, 0.2) is 42.5 Å². The van der Waals surface area contributed by atoms with Gasteiger partial charge in [0, 0.05) is 41.8 Å². The van der Waals surface area contributed by atoms with E-state index in [2.05, 4.69) is 25.7 Å². The van der Waals surface area contributed by atoms with Gasteiger partial charge in [-0.1, -0.05) is 6.07 Å². The highest BCUT2D eigenvalue weighted by atomic mass is 16.2. The Morgan fingerprint density at radius 3 is 2.56 bits per heavy atom. The summed E-state index contributed by atoms with van der Waals surface area (Å²) in [5, 5.41) is 0. The second-order valence-corrected chi connectivity index (χ2v) is 6.83. The predicted octanol–water partition coefficient (Wildman–Crippen LogP) is 4.10. The van der Waals surface area contributed by atoms with Gasteiger partial charge in [0.25, 0.3) is 5.91 Å². The first-order valence-corrected chi connectivity index (χ1v) is 9.09. The number of rotatable bonds is 4. The Labute approximate surface area is 150 Å². The van der Waals surface area contributed by atoms with Crippen LogP contribution in [0.2, 0.25) is 0 Å². The lowest BCUT2D eigenvalue weighted by atomic mass is 9.99. The lowest BCUT2D eigenvalue weighted by molar-refractivity contribution is 0.0985. The molecule has 1 aliphatic rings. The number of hydrogen-bond acceptors (Lipinski definition) is 3. The van der Waals surface area contributed by atoms with E-state index in [0.717, 1.165) is 54.1 Å². The highest BCUT2D eigenvalue weighted by Crippen LogP contribution is 2.32. The zero-order valence-electron chi connectivity index (χ0n) is 15.3. The van der Waals surface area contributed by atoms with E-state index in [-0.39, 0.29) is 5.91 Å². The number of amides is 1. The van der Waals surface area contributed by atoms with Gasteiger partial charge in [0.2, 0.25) is 0 Å². The van der Waals surface area contributed by atoms with E-state index in [1.165, 1.54) is 0 Å². The molecule has 2 aromatic carbocycles. The maximum absolute atomic E-state index is 13.0. The molecule has 4 heteroatoms. The van der Waals surface area contributed by atoms with Crippen LogP contribution in [0.5, 0.6) is 0 Å². The molecular formula is C21H27N3O. The summed E-state index contributed by atoms with van der Waals surface area (Å²) in [6.07, 6.45) is 1.88. The SMILES string of the molecule is CCN(c1ccc(C(=O)N2CCCc3c(N)cccc32)cc1)C(C)C. The van der Waals surface area contributed by atoms with Crippen LogP contribution in [0.4, 0.5) is 17.1 Å². The topological polar surface area (TPSA) is 49.6 Å². The van der Waals surface area contributed by atoms with Gasteiger partial charge in [-0.05, 0) is 75.6 Å². The minimum atomic E-state index is 0.0469. The first-order valence-electron chi connectivity index (χ1n) is 9.09. The maximum Gasteiger partial charge on any atom is 0.258 e. The summed E-state index contributed by atoms with van der Waals surface area (Å²) in [5.74, 6) is 0.0469. The van der Waals surface area contributed by atoms with Gasteiger partial charge in [-0.2, -0.15) is 0 Å². The smallest absolute Gasteiger partial charge is 0.258 e. The van der Waals surface area contributed by atoms with Crippen LogP contribution in [-0.4, -0.2) is 25.0 Å². The number of anilines is 3. The van der Waals surface area contributed by atoms with Crippen LogP contribution in [0.1, 0.15) is 43.1 Å². The third-order valence-corrected chi connectivity index (χ3v) is 4.94. The van der Waals surface area contributed by atoms with E-state index in [4.69, 9.17) is 5.73 Å². The molecule has 132 valence electrons. The van der Waals surface area contributed by atoms with Crippen molar-refractivity contribution in [1.29, 1.82) is 0 Å². The highest BCUT2D eigenvalue weighted by molar-refractivity contribution is 6.07. The van der Waals surface area contributed by atoms with Gasteiger partial charge in [0.05, 0.1) is 0 Å². The average Bonchev–Trinajstić information content (AvgIpc) is 2.62. The summed E-state index contributed by atoms with van der Waals surface area (Å²) in [5.41, 5.74) is 10.8. The number of fused-ring (bicyclic) bond motifs is 1. The second kappa shape index (κ2) is 7.18. The summed E-state index contributed by atoms with van der Waals surface area (Å²) >= 11 is 0. The van der Waals surface area contributed by atoms with Gasteiger partial charge >= 0.3 is 0 Å². The van der Waals surface area contributed by atoms with Crippen LogP contribution < -0.4 is 15.5 Å². The van der Waals surface area contributed by atoms with Crippen molar-refractivity contribution in [2.24, 2.45) is 0 Å². The number of benzene rings is 2. The summed E-state index contributed by atoms with van der Waals surface area (Å²) in [6, 6.07) is 14.2. The van der Waals surface area contributed by atoms with E-state index in [1.807, 2.05) is 47.4 Å². The lowest BCUT2D eigenvalue weighted by Crippen LogP contribution is -2.35. The summed E-state index contributed by atoms with van der Waals surface area (Å²) < 4.78 is 0. The van der Waals surface area contributed by atoms with E-state index in [1.54, 1.807) is 0 Å². The van der Waals surface area contributed by atoms with Gasteiger partial charge in [0.15, 0.2) is 0 Å². The lowest BCUT2D eigenvalue weighted by Gasteiger charge is -2.31. The Balaban J connectivity index is 1.87. The molecule has 0 saturated heterocycles. The predicted molar refractivity (Wildman–Crippen MR) is 105 cm³/mol. The molecule has 0 fully saturated rings. The molecule has 25 heavy (non-hydrogen) atoms. The van der Waals surface area contributed by atoms with Crippen LogP contribution in [0.25, 0.3) is 0 Å². The number of nitrogens with two attached hydrogens (primary N) is 1. The van der Waals surface area contributed by atoms with E-state index < -0.39 is 0 Å². The zero-order valence-corrected chi connectivity index (χ0v) is 15.3. The molecule has 1 heterocycles. The Morgan fingerprint density at radius 2 is 1.92 bits per heavy atom. The van der Waals surface area contributed by atoms with Crippen LogP contribution in [0, 0.1) is 0 Å². The molecule has 3 rings (SSSR count).